The summed E-state index contributed by atoms with van der Waals surface area (Å²) in [4.78, 5) is 29.5. The van der Waals surface area contributed by atoms with Crippen LogP contribution in [0.5, 0.6) is 0 Å². The molecular formula is C29H41Cl2FN8O. The van der Waals surface area contributed by atoms with E-state index in [1.165, 1.54) is 25.0 Å². The lowest BCUT2D eigenvalue weighted by molar-refractivity contribution is 0.0912. The fraction of sp³-hybridized carbons (Fsp3) is 0.586. The van der Waals surface area contributed by atoms with Crippen LogP contribution in [0.3, 0.4) is 0 Å². The molecule has 41 heavy (non-hydrogen) atoms. The summed E-state index contributed by atoms with van der Waals surface area (Å²) < 4.78 is 15.5. The zero-order chi connectivity index (χ0) is 26.8. The Hall–Kier alpha value is -2.53. The Bertz CT molecular complexity index is 1280. The summed E-state index contributed by atoms with van der Waals surface area (Å²) in [6.45, 7) is 1.96. The van der Waals surface area contributed by atoms with Gasteiger partial charge in [-0.1, -0.05) is 12.8 Å². The highest BCUT2D eigenvalue weighted by Crippen LogP contribution is 2.34. The molecule has 3 aromatic rings. The van der Waals surface area contributed by atoms with Crippen LogP contribution in [0, 0.1) is 5.82 Å². The van der Waals surface area contributed by atoms with Gasteiger partial charge in [0, 0.05) is 42.8 Å². The van der Waals surface area contributed by atoms with Crippen LogP contribution in [0.1, 0.15) is 80.6 Å². The van der Waals surface area contributed by atoms with Crippen LogP contribution in [0.4, 0.5) is 16.2 Å². The van der Waals surface area contributed by atoms with Gasteiger partial charge >= 0.3 is 0 Å². The summed E-state index contributed by atoms with van der Waals surface area (Å²) in [6.07, 6.45) is 12.7. The van der Waals surface area contributed by atoms with Crippen LogP contribution in [0.15, 0.2) is 30.6 Å². The maximum atomic E-state index is 13.2. The SMILES string of the molecule is Cl.Cl.NC1CCC(Nc2nc(NC3CCN(CC(=O)c4ccc(F)cc4)CC3)c3ncn(C4CCCC4)c3n2)CC1. The molecule has 3 fully saturated rings. The number of likely N-dealkylation sites (tertiary alicyclic amines) is 1. The topological polar surface area (TPSA) is 114 Å². The van der Waals surface area contributed by atoms with Crippen molar-refractivity contribution in [2.24, 2.45) is 5.73 Å². The first-order chi connectivity index (χ1) is 19.0. The second-order valence-electron chi connectivity index (χ2n) is 11.5. The molecule has 0 radical (unpaired) electrons. The number of benzene rings is 1. The summed E-state index contributed by atoms with van der Waals surface area (Å²) >= 11 is 0. The molecule has 3 heterocycles. The van der Waals surface area contributed by atoms with E-state index in [0.717, 1.165) is 81.4 Å². The summed E-state index contributed by atoms with van der Waals surface area (Å²) in [5.41, 5.74) is 8.40. The molecule has 0 amide bonds. The van der Waals surface area contributed by atoms with Gasteiger partial charge in [0.25, 0.3) is 0 Å². The van der Waals surface area contributed by atoms with E-state index in [1.54, 1.807) is 12.1 Å². The van der Waals surface area contributed by atoms with E-state index >= 15 is 0 Å². The maximum Gasteiger partial charge on any atom is 0.227 e. The van der Waals surface area contributed by atoms with Crippen molar-refractivity contribution in [3.05, 3.63) is 42.0 Å². The van der Waals surface area contributed by atoms with Gasteiger partial charge in [-0.3, -0.25) is 9.69 Å². The zero-order valence-electron chi connectivity index (χ0n) is 23.3. The summed E-state index contributed by atoms with van der Waals surface area (Å²) in [6, 6.07) is 7.11. The Morgan fingerprint density at radius 3 is 2.24 bits per heavy atom. The number of imidazole rings is 1. The van der Waals surface area contributed by atoms with Crippen molar-refractivity contribution in [1.82, 2.24) is 24.4 Å². The summed E-state index contributed by atoms with van der Waals surface area (Å²) in [5.74, 6) is 1.14. The van der Waals surface area contributed by atoms with Crippen molar-refractivity contribution in [2.75, 3.05) is 30.3 Å². The number of nitrogens with one attached hydrogen (secondary N) is 2. The molecule has 9 nitrogen and oxygen atoms in total. The van der Waals surface area contributed by atoms with Gasteiger partial charge in [-0.25, -0.2) is 9.37 Å². The number of nitrogens with zero attached hydrogens (tertiary/aromatic N) is 5. The fourth-order valence-electron chi connectivity index (χ4n) is 6.34. The van der Waals surface area contributed by atoms with Crippen LogP contribution in [-0.4, -0.2) is 68.0 Å². The van der Waals surface area contributed by atoms with Gasteiger partial charge < -0.3 is 20.9 Å². The van der Waals surface area contributed by atoms with Crippen molar-refractivity contribution in [2.45, 2.75) is 88.4 Å². The smallest absolute Gasteiger partial charge is 0.227 e. The van der Waals surface area contributed by atoms with E-state index in [1.807, 2.05) is 6.33 Å². The van der Waals surface area contributed by atoms with E-state index in [9.17, 15) is 9.18 Å². The molecule has 1 aliphatic heterocycles. The van der Waals surface area contributed by atoms with Crippen LogP contribution in [0.2, 0.25) is 0 Å². The second kappa shape index (κ2) is 14.1. The molecule has 4 N–H and O–H groups in total. The lowest BCUT2D eigenvalue weighted by Gasteiger charge is -2.32. The van der Waals surface area contributed by atoms with E-state index in [0.29, 0.717) is 36.2 Å². The third-order valence-corrected chi connectivity index (χ3v) is 8.71. The van der Waals surface area contributed by atoms with E-state index < -0.39 is 0 Å². The molecule has 2 aliphatic carbocycles. The quantitative estimate of drug-likeness (QED) is 0.293. The van der Waals surface area contributed by atoms with E-state index in [4.69, 9.17) is 20.7 Å². The Morgan fingerprint density at radius 1 is 0.902 bits per heavy atom. The van der Waals surface area contributed by atoms with E-state index in [2.05, 4.69) is 20.1 Å². The van der Waals surface area contributed by atoms with Crippen LogP contribution in [0.25, 0.3) is 11.2 Å². The average molecular weight is 608 g/mol. The van der Waals surface area contributed by atoms with Crippen molar-refractivity contribution in [1.29, 1.82) is 0 Å². The molecule has 224 valence electrons. The third-order valence-electron chi connectivity index (χ3n) is 8.71. The van der Waals surface area contributed by atoms with Crippen LogP contribution < -0.4 is 16.4 Å². The highest BCUT2D eigenvalue weighted by Gasteiger charge is 2.26. The minimum Gasteiger partial charge on any atom is -0.365 e. The normalized spacial score (nSPS) is 22.2. The predicted molar refractivity (Wildman–Crippen MR) is 165 cm³/mol. The largest absolute Gasteiger partial charge is 0.365 e. The molecule has 0 unspecified atom stereocenters. The molecule has 2 saturated carbocycles. The lowest BCUT2D eigenvalue weighted by atomic mass is 9.92. The number of nitrogens with two attached hydrogens (primary N) is 1. The molecule has 0 bridgehead atoms. The number of Topliss-reactive ketones (excluding diaryl/α,β-unsaturated/α-hetero) is 1. The second-order valence-corrected chi connectivity index (χ2v) is 11.5. The Labute approximate surface area is 253 Å². The van der Waals surface area contributed by atoms with Gasteiger partial charge in [0.1, 0.15) is 5.82 Å². The van der Waals surface area contributed by atoms with Crippen LogP contribution >= 0.6 is 24.8 Å². The molecule has 1 aromatic carbocycles. The van der Waals surface area contributed by atoms with Gasteiger partial charge in [-0.2, -0.15) is 9.97 Å². The van der Waals surface area contributed by atoms with Crippen LogP contribution in [-0.2, 0) is 0 Å². The predicted octanol–water partition coefficient (Wildman–Crippen LogP) is 5.37. The Balaban J connectivity index is 0.00000194. The third kappa shape index (κ3) is 7.46. The minimum absolute atomic E-state index is 0. The van der Waals surface area contributed by atoms with Crippen molar-refractivity contribution in [3.8, 4) is 0 Å². The van der Waals surface area contributed by atoms with Gasteiger partial charge in [0.2, 0.25) is 5.95 Å². The van der Waals surface area contributed by atoms with Crippen molar-refractivity contribution >= 4 is 53.5 Å². The molecule has 1 saturated heterocycles. The van der Waals surface area contributed by atoms with Crippen molar-refractivity contribution < 1.29 is 9.18 Å². The number of anilines is 2. The minimum atomic E-state index is -0.327. The standard InChI is InChI=1S/C29H39FN8O.2ClH/c30-20-7-5-19(6-8-20)25(39)17-37-15-13-23(14-16-37)33-27-26-28(38(18-32-26)24-3-1-2-4-24)36-29(35-27)34-22-11-9-21(31)10-12-22;;/h5-8,18,21-24H,1-4,9-17,31H2,(H2,33,34,35,36);2*1H. The number of fused-ring (bicyclic) bond motifs is 1. The van der Waals surface area contributed by atoms with Gasteiger partial charge in [-0.15, -0.1) is 24.8 Å². The molecule has 0 atom stereocenters. The van der Waals surface area contributed by atoms with Crippen molar-refractivity contribution in [3.63, 3.8) is 0 Å². The number of piperidine rings is 1. The number of hydrogen-bond acceptors (Lipinski definition) is 8. The van der Waals surface area contributed by atoms with E-state index in [-0.39, 0.29) is 42.5 Å². The molecular weight excluding hydrogens is 566 g/mol. The first kappa shape index (κ1) is 31.4. The zero-order valence-corrected chi connectivity index (χ0v) is 24.9. The van der Waals surface area contributed by atoms with Gasteiger partial charge in [0.05, 0.1) is 12.9 Å². The van der Waals surface area contributed by atoms with Gasteiger partial charge in [0.15, 0.2) is 22.8 Å². The number of hydrogen-bond donors (Lipinski definition) is 3. The summed E-state index contributed by atoms with van der Waals surface area (Å²) in [7, 11) is 0. The maximum absolute atomic E-state index is 13.2. The lowest BCUT2D eigenvalue weighted by Crippen LogP contribution is -2.41. The molecule has 2 aromatic heterocycles. The number of carbonyl (C=O) groups is 1. The average Bonchev–Trinajstić information content (AvgIpc) is 3.62. The number of aromatic nitrogens is 4. The number of carbonyl (C=O) groups excluding carboxylic acids is 1. The number of rotatable bonds is 8. The number of ketones is 1. The molecule has 0 spiro atoms. The fourth-order valence-corrected chi connectivity index (χ4v) is 6.34. The molecule has 12 heteroatoms. The highest BCUT2D eigenvalue weighted by molar-refractivity contribution is 5.97. The summed E-state index contributed by atoms with van der Waals surface area (Å²) in [5, 5.41) is 7.28. The molecule has 6 rings (SSSR count). The number of halogens is 3. The Morgan fingerprint density at radius 2 is 1.56 bits per heavy atom. The monoisotopic (exact) mass is 606 g/mol. The first-order valence-corrected chi connectivity index (χ1v) is 14.6. The highest BCUT2D eigenvalue weighted by atomic mass is 35.5. The first-order valence-electron chi connectivity index (χ1n) is 14.6. The Kier molecular flexibility index (Phi) is 10.8. The van der Waals surface area contributed by atoms with Gasteiger partial charge in [-0.05, 0) is 75.6 Å². The molecule has 3 aliphatic rings.